The maximum Gasteiger partial charge on any atom is 0.333 e. The Morgan fingerprint density at radius 2 is 2.14 bits per heavy atom. The average molecular weight is 296 g/mol. The van der Waals surface area contributed by atoms with Crippen LogP contribution in [0.3, 0.4) is 0 Å². The molecule has 0 saturated heterocycles. The number of aliphatic hydroxyl groups is 1. The summed E-state index contributed by atoms with van der Waals surface area (Å²) in [7, 11) is 0. The Morgan fingerprint density at radius 3 is 2.71 bits per heavy atom. The van der Waals surface area contributed by atoms with Crippen LogP contribution in [0, 0.1) is 16.0 Å². The quantitative estimate of drug-likeness (QED) is 0.540. The Labute approximate surface area is 125 Å². The van der Waals surface area contributed by atoms with Gasteiger partial charge in [-0.05, 0) is 30.9 Å². The monoisotopic (exact) mass is 296 g/mol. The van der Waals surface area contributed by atoms with Crippen molar-refractivity contribution in [1.29, 1.82) is 0 Å². The Bertz CT molecular complexity index is 463. The van der Waals surface area contributed by atoms with Crippen molar-refractivity contribution in [2.75, 3.05) is 18.5 Å². The van der Waals surface area contributed by atoms with Crippen molar-refractivity contribution < 1.29 is 14.8 Å². The molecule has 1 unspecified atom stereocenters. The van der Waals surface area contributed by atoms with E-state index in [1.807, 2.05) is 20.8 Å². The first-order chi connectivity index (χ1) is 9.95. The standard InChI is InChI=1S/C15H24N2O4/c1-4-8-21-14-7-5-6-13(15(14)17(19)20)16-10-12(18)9-11(2)3/h5-7,11-12,16,18H,4,8-10H2,1-3H3. The first-order valence-corrected chi connectivity index (χ1v) is 7.27. The summed E-state index contributed by atoms with van der Waals surface area (Å²) in [6.07, 6.45) is 0.888. The van der Waals surface area contributed by atoms with Crippen LogP contribution in [0.4, 0.5) is 11.4 Å². The molecule has 118 valence electrons. The molecule has 0 aliphatic rings. The fourth-order valence-electron chi connectivity index (χ4n) is 2.04. The third-order valence-corrected chi connectivity index (χ3v) is 2.91. The second-order valence-corrected chi connectivity index (χ2v) is 5.42. The predicted octanol–water partition coefficient (Wildman–Crippen LogP) is 3.20. The van der Waals surface area contributed by atoms with Gasteiger partial charge in [0.15, 0.2) is 5.75 Å². The van der Waals surface area contributed by atoms with Crippen LogP contribution in [0.5, 0.6) is 5.75 Å². The van der Waals surface area contributed by atoms with Gasteiger partial charge in [0.2, 0.25) is 0 Å². The summed E-state index contributed by atoms with van der Waals surface area (Å²) in [5.41, 5.74) is 0.291. The minimum atomic E-state index is -0.537. The summed E-state index contributed by atoms with van der Waals surface area (Å²) in [4.78, 5) is 10.8. The summed E-state index contributed by atoms with van der Waals surface area (Å²) in [5, 5.41) is 24.1. The van der Waals surface area contributed by atoms with E-state index in [2.05, 4.69) is 5.32 Å². The molecule has 0 heterocycles. The number of benzene rings is 1. The van der Waals surface area contributed by atoms with Crippen LogP contribution in [0.15, 0.2) is 18.2 Å². The molecule has 1 atom stereocenters. The average Bonchev–Trinajstić information content (AvgIpc) is 2.41. The Morgan fingerprint density at radius 1 is 1.43 bits per heavy atom. The topological polar surface area (TPSA) is 84.6 Å². The van der Waals surface area contributed by atoms with Gasteiger partial charge in [-0.1, -0.05) is 26.8 Å². The highest BCUT2D eigenvalue weighted by molar-refractivity contribution is 5.68. The highest BCUT2D eigenvalue weighted by Gasteiger charge is 2.21. The van der Waals surface area contributed by atoms with Gasteiger partial charge in [-0.25, -0.2) is 0 Å². The SMILES string of the molecule is CCCOc1cccc(NCC(O)CC(C)C)c1[N+](=O)[O-]. The molecule has 0 aromatic heterocycles. The molecule has 0 aliphatic heterocycles. The van der Waals surface area contributed by atoms with E-state index < -0.39 is 11.0 Å². The largest absolute Gasteiger partial charge is 0.487 e. The van der Waals surface area contributed by atoms with Crippen LogP contribution in [0.25, 0.3) is 0 Å². The first kappa shape index (κ1) is 17.2. The molecule has 2 N–H and O–H groups in total. The van der Waals surface area contributed by atoms with E-state index >= 15 is 0 Å². The fourth-order valence-corrected chi connectivity index (χ4v) is 2.04. The van der Waals surface area contributed by atoms with Crippen LogP contribution in [-0.2, 0) is 0 Å². The second-order valence-electron chi connectivity index (χ2n) is 5.42. The Balaban J connectivity index is 2.83. The predicted molar refractivity (Wildman–Crippen MR) is 82.8 cm³/mol. The van der Waals surface area contributed by atoms with Crippen molar-refractivity contribution in [3.8, 4) is 5.75 Å². The maximum absolute atomic E-state index is 11.3. The Kier molecular flexibility index (Phi) is 6.94. The van der Waals surface area contributed by atoms with Gasteiger partial charge in [0, 0.05) is 6.54 Å². The molecular formula is C15H24N2O4. The lowest BCUT2D eigenvalue weighted by atomic mass is 10.1. The molecule has 0 bridgehead atoms. The lowest BCUT2D eigenvalue weighted by molar-refractivity contribution is -0.385. The van der Waals surface area contributed by atoms with Crippen molar-refractivity contribution in [3.63, 3.8) is 0 Å². The van der Waals surface area contributed by atoms with Crippen LogP contribution >= 0.6 is 0 Å². The van der Waals surface area contributed by atoms with Crippen LogP contribution < -0.4 is 10.1 Å². The van der Waals surface area contributed by atoms with Crippen molar-refractivity contribution in [2.45, 2.75) is 39.7 Å². The third-order valence-electron chi connectivity index (χ3n) is 2.91. The maximum atomic E-state index is 11.3. The van der Waals surface area contributed by atoms with Gasteiger partial charge in [0.1, 0.15) is 5.69 Å². The molecule has 6 heteroatoms. The Hall–Kier alpha value is -1.82. The molecule has 6 nitrogen and oxygen atoms in total. The summed E-state index contributed by atoms with van der Waals surface area (Å²) in [5.74, 6) is 0.626. The zero-order valence-electron chi connectivity index (χ0n) is 12.8. The molecule has 0 radical (unpaired) electrons. The molecule has 0 spiro atoms. The molecule has 0 aliphatic carbocycles. The molecule has 0 fully saturated rings. The van der Waals surface area contributed by atoms with E-state index in [4.69, 9.17) is 4.74 Å². The number of ether oxygens (including phenoxy) is 1. The minimum Gasteiger partial charge on any atom is -0.487 e. The summed E-state index contributed by atoms with van der Waals surface area (Å²) >= 11 is 0. The second kappa shape index (κ2) is 8.46. The van der Waals surface area contributed by atoms with Crippen molar-refractivity contribution in [1.82, 2.24) is 0 Å². The number of rotatable bonds is 9. The van der Waals surface area contributed by atoms with Gasteiger partial charge in [0.25, 0.3) is 0 Å². The normalized spacial score (nSPS) is 12.2. The molecule has 0 amide bonds. The number of hydrogen-bond donors (Lipinski definition) is 2. The van der Waals surface area contributed by atoms with E-state index in [0.717, 1.165) is 6.42 Å². The van der Waals surface area contributed by atoms with E-state index in [0.29, 0.717) is 24.6 Å². The van der Waals surface area contributed by atoms with Crippen molar-refractivity contribution in [2.24, 2.45) is 5.92 Å². The number of hydrogen-bond acceptors (Lipinski definition) is 5. The van der Waals surface area contributed by atoms with Gasteiger partial charge in [-0.2, -0.15) is 0 Å². The van der Waals surface area contributed by atoms with Gasteiger partial charge in [-0.15, -0.1) is 0 Å². The third kappa shape index (κ3) is 5.59. The van der Waals surface area contributed by atoms with Crippen molar-refractivity contribution >= 4 is 11.4 Å². The highest BCUT2D eigenvalue weighted by Crippen LogP contribution is 2.34. The number of nitro groups is 1. The molecule has 1 rings (SSSR count). The number of nitro benzene ring substituents is 1. The van der Waals surface area contributed by atoms with E-state index in [9.17, 15) is 15.2 Å². The van der Waals surface area contributed by atoms with E-state index in [1.165, 1.54) is 0 Å². The lowest BCUT2D eigenvalue weighted by Gasteiger charge is -2.15. The number of nitrogens with one attached hydrogen (secondary N) is 1. The highest BCUT2D eigenvalue weighted by atomic mass is 16.6. The molecule has 0 saturated carbocycles. The van der Waals surface area contributed by atoms with Crippen molar-refractivity contribution in [3.05, 3.63) is 28.3 Å². The lowest BCUT2D eigenvalue weighted by Crippen LogP contribution is -2.21. The molecule has 1 aromatic rings. The fraction of sp³-hybridized carbons (Fsp3) is 0.600. The smallest absolute Gasteiger partial charge is 0.333 e. The number of nitrogens with zero attached hydrogens (tertiary/aromatic N) is 1. The van der Waals surface area contributed by atoms with Crippen LogP contribution in [0.1, 0.15) is 33.6 Å². The van der Waals surface area contributed by atoms with Crippen LogP contribution in [0.2, 0.25) is 0 Å². The number of anilines is 1. The number of para-hydroxylation sites is 1. The zero-order chi connectivity index (χ0) is 15.8. The van der Waals surface area contributed by atoms with E-state index in [-0.39, 0.29) is 18.0 Å². The van der Waals surface area contributed by atoms with Crippen LogP contribution in [-0.4, -0.2) is 29.3 Å². The summed E-state index contributed by atoms with van der Waals surface area (Å²) in [6.45, 7) is 6.68. The minimum absolute atomic E-state index is 0.0808. The zero-order valence-corrected chi connectivity index (χ0v) is 12.8. The number of aliphatic hydroxyl groups excluding tert-OH is 1. The molecular weight excluding hydrogens is 272 g/mol. The van der Waals surface area contributed by atoms with E-state index in [1.54, 1.807) is 18.2 Å². The first-order valence-electron chi connectivity index (χ1n) is 7.27. The van der Waals surface area contributed by atoms with Gasteiger partial charge >= 0.3 is 5.69 Å². The summed E-state index contributed by atoms with van der Waals surface area (Å²) < 4.78 is 5.42. The molecule has 21 heavy (non-hydrogen) atoms. The van der Waals surface area contributed by atoms with Gasteiger partial charge in [-0.3, -0.25) is 10.1 Å². The summed E-state index contributed by atoms with van der Waals surface area (Å²) in [6, 6.07) is 4.91. The van der Waals surface area contributed by atoms with Gasteiger partial charge in [0.05, 0.1) is 17.6 Å². The van der Waals surface area contributed by atoms with Gasteiger partial charge < -0.3 is 15.2 Å². The molecule has 1 aromatic carbocycles.